The van der Waals surface area contributed by atoms with Gasteiger partial charge in [0, 0.05) is 57.6 Å². The topological polar surface area (TPSA) is 70.2 Å². The monoisotopic (exact) mass is 681 g/mol. The molecule has 0 fully saturated rings. The third-order valence-electron chi connectivity index (χ3n) is 7.91. The average Bonchev–Trinajstić information content (AvgIpc) is 3.88. The number of pyridine rings is 1. The SMILES string of the molecule is C1=Cc2nc1c(Cc1cccnc1)c1nc(c(-c3ccccc3)c3ccc(cc4ccc([nH]4)c2-c2ccccc2)[nH]3)C=C1.I. The van der Waals surface area contributed by atoms with Crippen LogP contribution in [-0.4, -0.2) is 24.9 Å². The molecule has 0 saturated carbocycles. The highest BCUT2D eigenvalue weighted by atomic mass is 127. The van der Waals surface area contributed by atoms with E-state index in [1.807, 2.05) is 24.4 Å². The Labute approximate surface area is 272 Å². The Bertz CT molecular complexity index is 2060. The second kappa shape index (κ2) is 11.9. The van der Waals surface area contributed by atoms with Crippen LogP contribution in [0, 0.1) is 0 Å². The minimum atomic E-state index is 0. The largest absolute Gasteiger partial charge is 0.355 e. The molecular weight excluding hydrogens is 653 g/mol. The van der Waals surface area contributed by atoms with Gasteiger partial charge in [-0.05, 0) is 77.4 Å². The smallest absolute Gasteiger partial charge is 0.0737 e. The van der Waals surface area contributed by atoms with Crippen molar-refractivity contribution in [3.05, 3.63) is 149 Å². The van der Waals surface area contributed by atoms with Crippen molar-refractivity contribution in [2.75, 3.05) is 0 Å². The zero-order valence-corrected chi connectivity index (χ0v) is 26.1. The highest BCUT2D eigenvalue weighted by Gasteiger charge is 2.17. The molecule has 2 aromatic carbocycles. The van der Waals surface area contributed by atoms with Crippen LogP contribution in [-0.2, 0) is 6.42 Å². The number of aromatic nitrogens is 5. The van der Waals surface area contributed by atoms with Crippen LogP contribution >= 0.6 is 24.0 Å². The predicted molar refractivity (Wildman–Crippen MR) is 192 cm³/mol. The Kier molecular flexibility index (Phi) is 7.50. The number of fused-ring (bicyclic) bond motifs is 8. The normalized spacial score (nSPS) is 11.8. The first kappa shape index (κ1) is 27.7. The van der Waals surface area contributed by atoms with E-state index in [0.29, 0.717) is 6.42 Å². The van der Waals surface area contributed by atoms with Crippen LogP contribution in [0.3, 0.4) is 0 Å². The molecule has 6 aromatic rings. The van der Waals surface area contributed by atoms with Gasteiger partial charge in [0.05, 0.1) is 22.8 Å². The Morgan fingerprint density at radius 2 is 1.05 bits per heavy atom. The molecule has 6 heterocycles. The fourth-order valence-corrected chi connectivity index (χ4v) is 5.90. The lowest BCUT2D eigenvalue weighted by atomic mass is 10.0. The molecule has 6 heteroatoms. The van der Waals surface area contributed by atoms with Crippen LogP contribution in [0.1, 0.15) is 33.9 Å². The van der Waals surface area contributed by atoms with E-state index in [4.69, 9.17) is 9.97 Å². The van der Waals surface area contributed by atoms with Gasteiger partial charge < -0.3 is 9.97 Å². The number of hydrogen-bond donors (Lipinski definition) is 2. The number of aromatic amines is 2. The van der Waals surface area contributed by atoms with Crippen LogP contribution in [0.2, 0.25) is 0 Å². The van der Waals surface area contributed by atoms with E-state index in [0.717, 1.165) is 78.2 Å². The van der Waals surface area contributed by atoms with Gasteiger partial charge in [-0.25, -0.2) is 9.97 Å². The minimum absolute atomic E-state index is 0. The van der Waals surface area contributed by atoms with Crippen molar-refractivity contribution >= 4 is 70.3 Å². The lowest BCUT2D eigenvalue weighted by Gasteiger charge is -2.06. The highest BCUT2D eigenvalue weighted by molar-refractivity contribution is 14.0. The molecule has 2 N–H and O–H groups in total. The van der Waals surface area contributed by atoms with Crippen molar-refractivity contribution in [1.29, 1.82) is 0 Å². The van der Waals surface area contributed by atoms with Gasteiger partial charge in [0.15, 0.2) is 0 Å². The van der Waals surface area contributed by atoms with Gasteiger partial charge in [-0.2, -0.15) is 0 Å². The van der Waals surface area contributed by atoms with Crippen LogP contribution in [0.15, 0.2) is 116 Å². The van der Waals surface area contributed by atoms with E-state index in [-0.39, 0.29) is 24.0 Å². The van der Waals surface area contributed by atoms with Gasteiger partial charge in [-0.1, -0.05) is 66.7 Å². The van der Waals surface area contributed by atoms with Crippen molar-refractivity contribution in [1.82, 2.24) is 24.9 Å². The molecule has 0 saturated heterocycles. The zero-order chi connectivity index (χ0) is 28.6. The average molecular weight is 682 g/mol. The summed E-state index contributed by atoms with van der Waals surface area (Å²) < 4.78 is 0. The number of hydrogen-bond acceptors (Lipinski definition) is 3. The lowest BCUT2D eigenvalue weighted by Crippen LogP contribution is -1.97. The summed E-state index contributed by atoms with van der Waals surface area (Å²) in [6.45, 7) is 0. The maximum absolute atomic E-state index is 5.25. The summed E-state index contributed by atoms with van der Waals surface area (Å²) >= 11 is 0. The fraction of sp³-hybridized carbons (Fsp3) is 0.0263. The van der Waals surface area contributed by atoms with Crippen molar-refractivity contribution in [2.24, 2.45) is 0 Å². The molecule has 4 aromatic heterocycles. The van der Waals surface area contributed by atoms with Gasteiger partial charge >= 0.3 is 0 Å². The van der Waals surface area contributed by atoms with Crippen molar-refractivity contribution in [3.63, 3.8) is 0 Å². The molecule has 212 valence electrons. The first-order valence-corrected chi connectivity index (χ1v) is 14.4. The van der Waals surface area contributed by atoms with E-state index in [2.05, 4.69) is 124 Å². The Hall–Kier alpha value is -5.08. The summed E-state index contributed by atoms with van der Waals surface area (Å²) in [6, 6.07) is 35.6. The lowest BCUT2D eigenvalue weighted by molar-refractivity contribution is 1.09. The number of benzene rings is 2. The van der Waals surface area contributed by atoms with Gasteiger partial charge in [-0.15, -0.1) is 24.0 Å². The molecule has 0 amide bonds. The maximum Gasteiger partial charge on any atom is 0.0737 e. The predicted octanol–water partition coefficient (Wildman–Crippen LogP) is 9.59. The fourth-order valence-electron chi connectivity index (χ4n) is 5.90. The van der Waals surface area contributed by atoms with Crippen LogP contribution in [0.4, 0.5) is 0 Å². The van der Waals surface area contributed by atoms with Crippen molar-refractivity contribution in [2.45, 2.75) is 6.42 Å². The molecule has 0 unspecified atom stereocenters. The number of nitrogens with zero attached hydrogens (tertiary/aromatic N) is 3. The van der Waals surface area contributed by atoms with Gasteiger partial charge in [0.2, 0.25) is 0 Å². The quantitative estimate of drug-likeness (QED) is 0.182. The van der Waals surface area contributed by atoms with E-state index in [1.165, 1.54) is 0 Å². The second-order valence-corrected chi connectivity index (χ2v) is 10.7. The summed E-state index contributed by atoms with van der Waals surface area (Å²) in [5, 5.41) is 0. The molecule has 2 aliphatic heterocycles. The number of H-pyrrole nitrogens is 2. The van der Waals surface area contributed by atoms with Crippen LogP contribution in [0.5, 0.6) is 0 Å². The van der Waals surface area contributed by atoms with Gasteiger partial charge in [-0.3, -0.25) is 4.98 Å². The van der Waals surface area contributed by atoms with Gasteiger partial charge in [0.25, 0.3) is 0 Å². The standard InChI is InChI=1S/C38H27N5.HI/c1-3-9-26(10-4-1)37-33-15-13-28(40-33)23-29-14-16-34(41-29)38(27-11-5-2-6-12-27)36-20-18-32(43-36)30(31-17-19-35(37)42-31)22-25-8-7-21-39-24-25;/h1-21,23-24,40-41H,22H2;1H. The third kappa shape index (κ3) is 5.29. The summed E-state index contributed by atoms with van der Waals surface area (Å²) in [5.41, 5.74) is 14.2. The van der Waals surface area contributed by atoms with Crippen molar-refractivity contribution < 1.29 is 0 Å². The number of nitrogens with one attached hydrogen (secondary N) is 2. The molecule has 44 heavy (non-hydrogen) atoms. The Morgan fingerprint density at radius 3 is 1.55 bits per heavy atom. The molecule has 2 aliphatic rings. The Balaban J connectivity index is 0.00000312. The molecule has 8 bridgehead atoms. The molecule has 8 rings (SSSR count). The maximum atomic E-state index is 5.25. The van der Waals surface area contributed by atoms with Crippen LogP contribution in [0.25, 0.3) is 68.6 Å². The number of rotatable bonds is 4. The van der Waals surface area contributed by atoms with E-state index in [1.54, 1.807) is 6.20 Å². The first-order valence-electron chi connectivity index (χ1n) is 14.4. The Morgan fingerprint density at radius 1 is 0.523 bits per heavy atom. The summed E-state index contributed by atoms with van der Waals surface area (Å²) in [4.78, 5) is 22.2. The molecule has 0 spiro atoms. The first-order chi connectivity index (χ1) is 21.3. The van der Waals surface area contributed by atoms with Crippen molar-refractivity contribution in [3.8, 4) is 22.3 Å². The van der Waals surface area contributed by atoms with E-state index < -0.39 is 0 Å². The zero-order valence-electron chi connectivity index (χ0n) is 23.7. The molecule has 0 radical (unpaired) electrons. The minimum Gasteiger partial charge on any atom is -0.355 e. The summed E-state index contributed by atoms with van der Waals surface area (Å²) in [6.07, 6.45) is 12.9. The highest BCUT2D eigenvalue weighted by Crippen LogP contribution is 2.34. The molecular formula is C38H28IN5. The number of halogens is 1. The molecule has 0 aliphatic carbocycles. The third-order valence-corrected chi connectivity index (χ3v) is 7.91. The van der Waals surface area contributed by atoms with Gasteiger partial charge in [0.1, 0.15) is 0 Å². The van der Waals surface area contributed by atoms with E-state index >= 15 is 0 Å². The molecule has 0 atom stereocenters. The van der Waals surface area contributed by atoms with Crippen LogP contribution < -0.4 is 0 Å². The summed E-state index contributed by atoms with van der Waals surface area (Å²) in [5.74, 6) is 0. The molecule has 5 nitrogen and oxygen atoms in total. The van der Waals surface area contributed by atoms with E-state index in [9.17, 15) is 0 Å². The summed E-state index contributed by atoms with van der Waals surface area (Å²) in [7, 11) is 0. The second-order valence-electron chi connectivity index (χ2n) is 10.7.